The molecule has 1 fully saturated rings. The molecule has 4 rings (SSSR count). The van der Waals surface area contributed by atoms with Crippen molar-refractivity contribution in [2.75, 3.05) is 5.32 Å². The van der Waals surface area contributed by atoms with Crippen molar-refractivity contribution in [2.45, 2.75) is 57.5 Å². The number of nitrogens with one attached hydrogen (secondary N) is 1. The highest BCUT2D eigenvalue weighted by atomic mass is 16.2. The van der Waals surface area contributed by atoms with Gasteiger partial charge in [0.05, 0.1) is 12.2 Å². The van der Waals surface area contributed by atoms with E-state index in [9.17, 15) is 4.79 Å². The van der Waals surface area contributed by atoms with Gasteiger partial charge in [0.2, 0.25) is 5.91 Å². The lowest BCUT2D eigenvalue weighted by molar-refractivity contribution is -0.119. The van der Waals surface area contributed by atoms with E-state index in [0.717, 1.165) is 49.9 Å². The van der Waals surface area contributed by atoms with E-state index in [2.05, 4.69) is 34.7 Å². The Hall–Kier alpha value is -2.14. The lowest BCUT2D eigenvalue weighted by Crippen LogP contribution is -2.26. The van der Waals surface area contributed by atoms with Gasteiger partial charge in [-0.2, -0.15) is 5.10 Å². The zero-order valence-electron chi connectivity index (χ0n) is 14.7. The van der Waals surface area contributed by atoms with Crippen molar-refractivity contribution in [2.24, 2.45) is 11.7 Å². The number of hydrogen-bond acceptors (Lipinski definition) is 3. The summed E-state index contributed by atoms with van der Waals surface area (Å²) in [5.74, 6) is 0.950. The summed E-state index contributed by atoms with van der Waals surface area (Å²) < 4.78 is 2.01. The first-order valence-corrected chi connectivity index (χ1v) is 9.32. The molecule has 1 heterocycles. The molecule has 1 aromatic carbocycles. The van der Waals surface area contributed by atoms with Crippen molar-refractivity contribution in [3.63, 3.8) is 0 Å². The van der Waals surface area contributed by atoms with Crippen LogP contribution in [0.25, 0.3) is 0 Å². The van der Waals surface area contributed by atoms with Gasteiger partial charge in [0, 0.05) is 17.5 Å². The van der Waals surface area contributed by atoms with E-state index in [1.54, 1.807) is 0 Å². The summed E-state index contributed by atoms with van der Waals surface area (Å²) >= 11 is 0. The van der Waals surface area contributed by atoms with Crippen LogP contribution in [0.3, 0.4) is 0 Å². The Kier molecular flexibility index (Phi) is 4.34. The SMILES string of the molecule is Cc1cnn(C2CCCc3ccccc32)c1NC(=O)C1CCC(N)C1. The second kappa shape index (κ2) is 6.64. The maximum absolute atomic E-state index is 12.7. The molecule has 0 radical (unpaired) electrons. The molecule has 5 heteroatoms. The molecule has 0 saturated heterocycles. The smallest absolute Gasteiger partial charge is 0.228 e. The molecular weight excluding hydrogens is 312 g/mol. The van der Waals surface area contributed by atoms with Gasteiger partial charge in [0.15, 0.2) is 0 Å². The summed E-state index contributed by atoms with van der Waals surface area (Å²) in [5, 5.41) is 7.77. The number of carbonyl (C=O) groups excluding carboxylic acids is 1. The number of benzene rings is 1. The minimum atomic E-state index is 0.0244. The van der Waals surface area contributed by atoms with Crippen LogP contribution in [0.5, 0.6) is 0 Å². The maximum atomic E-state index is 12.7. The molecule has 1 saturated carbocycles. The second-order valence-electron chi connectivity index (χ2n) is 7.49. The Morgan fingerprint density at radius 1 is 1.28 bits per heavy atom. The number of aryl methyl sites for hydroxylation is 2. The summed E-state index contributed by atoms with van der Waals surface area (Å²) in [6.07, 6.45) is 7.77. The van der Waals surface area contributed by atoms with E-state index in [4.69, 9.17) is 5.73 Å². The highest BCUT2D eigenvalue weighted by Gasteiger charge is 2.30. The summed E-state index contributed by atoms with van der Waals surface area (Å²) in [6.45, 7) is 2.01. The molecule has 0 bridgehead atoms. The fraction of sp³-hybridized carbons (Fsp3) is 0.500. The maximum Gasteiger partial charge on any atom is 0.228 e. The number of amides is 1. The van der Waals surface area contributed by atoms with E-state index < -0.39 is 0 Å². The largest absolute Gasteiger partial charge is 0.328 e. The highest BCUT2D eigenvalue weighted by Crippen LogP contribution is 2.35. The molecule has 0 aliphatic heterocycles. The first kappa shape index (κ1) is 16.3. The van der Waals surface area contributed by atoms with Crippen molar-refractivity contribution in [1.29, 1.82) is 0 Å². The standard InChI is InChI=1S/C20H26N4O/c1-13-12-22-24(18-8-4-6-14-5-2-3-7-17(14)18)19(13)23-20(25)15-9-10-16(21)11-15/h2-3,5,7,12,15-16,18H,4,6,8-11,21H2,1H3,(H,23,25). The molecule has 3 atom stereocenters. The Morgan fingerprint density at radius 2 is 2.12 bits per heavy atom. The molecule has 2 aromatic rings. The van der Waals surface area contributed by atoms with Gasteiger partial charge < -0.3 is 11.1 Å². The average molecular weight is 338 g/mol. The van der Waals surface area contributed by atoms with Crippen LogP contribution in [0.2, 0.25) is 0 Å². The van der Waals surface area contributed by atoms with Gasteiger partial charge in [0.1, 0.15) is 5.82 Å². The van der Waals surface area contributed by atoms with Crippen LogP contribution >= 0.6 is 0 Å². The third-order valence-electron chi connectivity index (χ3n) is 5.70. The number of nitrogens with two attached hydrogens (primary N) is 1. The van der Waals surface area contributed by atoms with E-state index in [1.165, 1.54) is 11.1 Å². The zero-order valence-corrected chi connectivity index (χ0v) is 14.7. The molecule has 3 unspecified atom stereocenters. The third kappa shape index (κ3) is 3.09. The zero-order chi connectivity index (χ0) is 17.4. The van der Waals surface area contributed by atoms with Gasteiger partial charge in [0.25, 0.3) is 0 Å². The van der Waals surface area contributed by atoms with E-state index in [1.807, 2.05) is 17.8 Å². The van der Waals surface area contributed by atoms with Gasteiger partial charge in [-0.25, -0.2) is 4.68 Å². The van der Waals surface area contributed by atoms with Crippen molar-refractivity contribution in [1.82, 2.24) is 9.78 Å². The lowest BCUT2D eigenvalue weighted by atomic mass is 9.88. The fourth-order valence-electron chi connectivity index (χ4n) is 4.30. The topological polar surface area (TPSA) is 72.9 Å². The molecule has 2 aliphatic rings. The van der Waals surface area contributed by atoms with Crippen molar-refractivity contribution in [3.05, 3.63) is 47.2 Å². The first-order valence-electron chi connectivity index (χ1n) is 9.32. The van der Waals surface area contributed by atoms with Gasteiger partial charge in [-0.1, -0.05) is 24.3 Å². The molecule has 1 aromatic heterocycles. The van der Waals surface area contributed by atoms with Crippen LogP contribution in [-0.2, 0) is 11.2 Å². The van der Waals surface area contributed by atoms with Gasteiger partial charge in [-0.3, -0.25) is 4.79 Å². The van der Waals surface area contributed by atoms with Crippen molar-refractivity contribution in [3.8, 4) is 0 Å². The molecule has 1 amide bonds. The molecule has 3 N–H and O–H groups in total. The minimum absolute atomic E-state index is 0.0244. The number of rotatable bonds is 3. The number of fused-ring (bicyclic) bond motifs is 1. The van der Waals surface area contributed by atoms with Crippen LogP contribution < -0.4 is 11.1 Å². The van der Waals surface area contributed by atoms with Crippen LogP contribution in [0, 0.1) is 12.8 Å². The Morgan fingerprint density at radius 3 is 2.92 bits per heavy atom. The summed E-state index contributed by atoms with van der Waals surface area (Å²) in [6, 6.07) is 8.94. The molecular formula is C20H26N4O. The Bertz CT molecular complexity index is 782. The summed E-state index contributed by atoms with van der Waals surface area (Å²) in [7, 11) is 0. The van der Waals surface area contributed by atoms with E-state index in [0.29, 0.717) is 0 Å². The van der Waals surface area contributed by atoms with Crippen LogP contribution in [0.15, 0.2) is 30.5 Å². The normalized spacial score (nSPS) is 25.6. The number of anilines is 1. The molecule has 0 spiro atoms. The summed E-state index contributed by atoms with van der Waals surface area (Å²) in [4.78, 5) is 12.7. The van der Waals surface area contributed by atoms with E-state index in [-0.39, 0.29) is 23.9 Å². The van der Waals surface area contributed by atoms with Crippen LogP contribution in [0.4, 0.5) is 5.82 Å². The molecule has 5 nitrogen and oxygen atoms in total. The number of aromatic nitrogens is 2. The monoisotopic (exact) mass is 338 g/mol. The fourth-order valence-corrected chi connectivity index (χ4v) is 4.30. The van der Waals surface area contributed by atoms with Crippen LogP contribution in [-0.4, -0.2) is 21.7 Å². The van der Waals surface area contributed by atoms with Crippen molar-refractivity contribution < 1.29 is 4.79 Å². The van der Waals surface area contributed by atoms with E-state index >= 15 is 0 Å². The van der Waals surface area contributed by atoms with Gasteiger partial charge in [-0.15, -0.1) is 0 Å². The lowest BCUT2D eigenvalue weighted by Gasteiger charge is -2.27. The Balaban J connectivity index is 1.61. The summed E-state index contributed by atoms with van der Waals surface area (Å²) in [5.41, 5.74) is 9.70. The Labute approximate surface area is 148 Å². The third-order valence-corrected chi connectivity index (χ3v) is 5.70. The number of carbonyl (C=O) groups is 1. The second-order valence-corrected chi connectivity index (χ2v) is 7.49. The average Bonchev–Trinajstić information content (AvgIpc) is 3.21. The molecule has 2 aliphatic carbocycles. The van der Waals surface area contributed by atoms with Crippen LogP contribution in [0.1, 0.15) is 54.8 Å². The molecule has 25 heavy (non-hydrogen) atoms. The molecule has 132 valence electrons. The predicted molar refractivity (Wildman–Crippen MR) is 98.4 cm³/mol. The quantitative estimate of drug-likeness (QED) is 0.903. The highest BCUT2D eigenvalue weighted by molar-refractivity contribution is 5.92. The number of hydrogen-bond donors (Lipinski definition) is 2. The first-order chi connectivity index (χ1) is 12.1. The number of nitrogens with zero attached hydrogens (tertiary/aromatic N) is 2. The predicted octanol–water partition coefficient (Wildman–Crippen LogP) is 3.18. The van der Waals surface area contributed by atoms with Gasteiger partial charge in [-0.05, 0) is 56.6 Å². The van der Waals surface area contributed by atoms with Crippen molar-refractivity contribution >= 4 is 11.7 Å². The van der Waals surface area contributed by atoms with Gasteiger partial charge >= 0.3 is 0 Å². The minimum Gasteiger partial charge on any atom is -0.328 e.